The predicted molar refractivity (Wildman–Crippen MR) is 128 cm³/mol. The van der Waals surface area contributed by atoms with Crippen LogP contribution in [0.25, 0.3) is 0 Å². The predicted octanol–water partition coefficient (Wildman–Crippen LogP) is 3.80. The number of amides is 2. The van der Waals surface area contributed by atoms with Crippen molar-refractivity contribution in [2.75, 3.05) is 13.1 Å². The molecule has 4 heterocycles. The van der Waals surface area contributed by atoms with Gasteiger partial charge in [0.1, 0.15) is 11.6 Å². The maximum atomic E-state index is 13.8. The summed E-state index contributed by atoms with van der Waals surface area (Å²) in [5.74, 6) is 0.789. The summed E-state index contributed by atoms with van der Waals surface area (Å²) >= 11 is 0. The molecule has 3 aliphatic heterocycles. The van der Waals surface area contributed by atoms with Gasteiger partial charge in [-0.2, -0.15) is 0 Å². The lowest BCUT2D eigenvalue weighted by molar-refractivity contribution is -0.129. The van der Waals surface area contributed by atoms with Crippen LogP contribution in [0.5, 0.6) is 0 Å². The average molecular weight is 484 g/mol. The number of aromatic nitrogens is 2. The van der Waals surface area contributed by atoms with E-state index in [1.807, 2.05) is 4.90 Å². The first-order chi connectivity index (χ1) is 16.8. The van der Waals surface area contributed by atoms with E-state index in [4.69, 9.17) is 4.98 Å². The molecule has 2 bridgehead atoms. The highest BCUT2D eigenvalue weighted by Crippen LogP contribution is 2.43. The van der Waals surface area contributed by atoms with Gasteiger partial charge < -0.3 is 19.9 Å². The molecule has 188 valence electrons. The lowest BCUT2D eigenvalue weighted by Crippen LogP contribution is -2.45. The molecule has 0 aliphatic carbocycles. The number of fused-ring (bicyclic) bond motifs is 3. The molecular formula is C26H34FN5O3. The van der Waals surface area contributed by atoms with E-state index in [0.29, 0.717) is 36.7 Å². The smallest absolute Gasteiger partial charge is 0.405 e. The van der Waals surface area contributed by atoms with Gasteiger partial charge in [0, 0.05) is 44.6 Å². The van der Waals surface area contributed by atoms with Crippen LogP contribution in [-0.2, 0) is 17.8 Å². The van der Waals surface area contributed by atoms with Crippen LogP contribution in [0.2, 0.25) is 0 Å². The van der Waals surface area contributed by atoms with Gasteiger partial charge in [-0.25, -0.2) is 14.2 Å². The number of halogens is 1. The molecule has 2 fully saturated rings. The first-order valence-electron chi connectivity index (χ1n) is 12.6. The minimum Gasteiger partial charge on any atom is -0.465 e. The fraction of sp³-hybridized carbons (Fsp3) is 0.577. The minimum atomic E-state index is -1.10. The van der Waals surface area contributed by atoms with E-state index < -0.39 is 12.1 Å². The van der Waals surface area contributed by atoms with E-state index >= 15 is 0 Å². The summed E-state index contributed by atoms with van der Waals surface area (Å²) in [6.45, 7) is 5.85. The van der Waals surface area contributed by atoms with Crippen LogP contribution in [0.1, 0.15) is 73.9 Å². The Hall–Kier alpha value is -2.94. The average Bonchev–Trinajstić information content (AvgIpc) is 3.26. The molecule has 8 nitrogen and oxygen atoms in total. The van der Waals surface area contributed by atoms with Crippen molar-refractivity contribution in [2.24, 2.45) is 0 Å². The third-order valence-electron chi connectivity index (χ3n) is 8.12. The van der Waals surface area contributed by atoms with Gasteiger partial charge in [0.15, 0.2) is 0 Å². The van der Waals surface area contributed by atoms with Gasteiger partial charge in [-0.15, -0.1) is 0 Å². The normalized spacial score (nSPS) is 24.8. The molecule has 3 aliphatic rings. The van der Waals surface area contributed by atoms with E-state index in [-0.39, 0.29) is 11.7 Å². The third-order valence-corrected chi connectivity index (χ3v) is 8.12. The van der Waals surface area contributed by atoms with E-state index in [1.165, 1.54) is 17.8 Å². The molecule has 0 spiro atoms. The number of hydrogen-bond donors (Lipinski definition) is 2. The molecule has 35 heavy (non-hydrogen) atoms. The van der Waals surface area contributed by atoms with Crippen molar-refractivity contribution in [3.63, 3.8) is 0 Å². The van der Waals surface area contributed by atoms with Gasteiger partial charge >= 0.3 is 6.09 Å². The fourth-order valence-corrected chi connectivity index (χ4v) is 6.56. The molecular weight excluding hydrogens is 449 g/mol. The topological polar surface area (TPSA) is 90.7 Å². The molecule has 2 aromatic rings. The Labute approximate surface area is 205 Å². The largest absolute Gasteiger partial charge is 0.465 e. The van der Waals surface area contributed by atoms with Crippen LogP contribution in [-0.4, -0.2) is 61.6 Å². The van der Waals surface area contributed by atoms with Crippen molar-refractivity contribution in [1.29, 1.82) is 0 Å². The van der Waals surface area contributed by atoms with Crippen molar-refractivity contribution in [1.82, 2.24) is 24.7 Å². The number of carbonyl (C=O) groups excluding carboxylic acids is 1. The van der Waals surface area contributed by atoms with Crippen LogP contribution in [0.15, 0.2) is 24.3 Å². The van der Waals surface area contributed by atoms with Crippen molar-refractivity contribution < 1.29 is 19.1 Å². The Balaban J connectivity index is 1.29. The maximum absolute atomic E-state index is 13.8. The van der Waals surface area contributed by atoms with Crippen molar-refractivity contribution in [2.45, 2.75) is 83.1 Å². The number of rotatable bonds is 6. The van der Waals surface area contributed by atoms with Gasteiger partial charge in [0.25, 0.3) is 0 Å². The summed E-state index contributed by atoms with van der Waals surface area (Å²) in [7, 11) is 0. The second-order valence-corrected chi connectivity index (χ2v) is 10.2. The molecule has 4 atom stereocenters. The zero-order chi connectivity index (χ0) is 24.7. The zero-order valence-corrected chi connectivity index (χ0v) is 20.4. The molecule has 1 unspecified atom stereocenters. The summed E-state index contributed by atoms with van der Waals surface area (Å²) in [5.41, 5.74) is 2.98. The Morgan fingerprint density at radius 1 is 1.23 bits per heavy atom. The number of carboxylic acid groups (broad SMARTS) is 1. The lowest BCUT2D eigenvalue weighted by Gasteiger charge is -2.41. The molecule has 9 heteroatoms. The number of carbonyl (C=O) groups is 2. The number of piperidine rings is 1. The van der Waals surface area contributed by atoms with Crippen LogP contribution in [0.4, 0.5) is 9.18 Å². The first-order valence-corrected chi connectivity index (χ1v) is 12.6. The summed E-state index contributed by atoms with van der Waals surface area (Å²) in [6.07, 6.45) is 4.63. The first kappa shape index (κ1) is 23.8. The number of aryl methyl sites for hydroxylation is 1. The third kappa shape index (κ3) is 4.78. The number of nitrogens with zero attached hydrogens (tertiary/aromatic N) is 4. The van der Waals surface area contributed by atoms with Gasteiger partial charge in [0.2, 0.25) is 5.91 Å². The SMILES string of the molecule is CC(=O)N1CCc2nc(C)n(C3C[C@H]4CC[C@@H](C3)N4CC[C@H](NC(=O)O)c3cccc(F)c3)c2C1. The summed E-state index contributed by atoms with van der Waals surface area (Å²) < 4.78 is 16.2. The quantitative estimate of drug-likeness (QED) is 0.652. The van der Waals surface area contributed by atoms with Gasteiger partial charge in [0.05, 0.1) is 24.0 Å². The minimum absolute atomic E-state index is 0.110. The molecule has 2 N–H and O–H groups in total. The van der Waals surface area contributed by atoms with E-state index in [9.17, 15) is 19.1 Å². The van der Waals surface area contributed by atoms with E-state index in [1.54, 1.807) is 19.1 Å². The second-order valence-electron chi connectivity index (χ2n) is 10.2. The maximum Gasteiger partial charge on any atom is 0.405 e. The Kier molecular flexibility index (Phi) is 6.53. The molecule has 1 aromatic carbocycles. The Morgan fingerprint density at radius 3 is 2.63 bits per heavy atom. The van der Waals surface area contributed by atoms with E-state index in [2.05, 4.69) is 21.7 Å². The Morgan fingerprint density at radius 2 is 1.97 bits per heavy atom. The molecule has 1 aromatic heterocycles. The van der Waals surface area contributed by atoms with Crippen molar-refractivity contribution >= 4 is 12.0 Å². The van der Waals surface area contributed by atoms with Crippen molar-refractivity contribution in [3.05, 3.63) is 52.9 Å². The standard InChI is InChI=1S/C26H34FN5O3/c1-16-28-24-8-10-30(17(2)33)15-25(24)32(16)22-13-20-6-7-21(14-22)31(20)11-9-23(29-26(34)35)18-4-3-5-19(27)12-18/h3-5,12,20-23,29H,6-11,13-15H2,1-2H3,(H,34,35)/t20-,21+,22?,23-/m0/s1. The number of hydrogen-bond acceptors (Lipinski definition) is 4. The number of imidazole rings is 1. The van der Waals surface area contributed by atoms with E-state index in [0.717, 1.165) is 56.7 Å². The highest BCUT2D eigenvalue weighted by Gasteiger charge is 2.42. The molecule has 5 rings (SSSR count). The number of nitrogens with one attached hydrogen (secondary N) is 1. The highest BCUT2D eigenvalue weighted by atomic mass is 19.1. The fourth-order valence-electron chi connectivity index (χ4n) is 6.56. The number of benzene rings is 1. The van der Waals surface area contributed by atoms with Crippen LogP contribution < -0.4 is 5.32 Å². The Bertz CT molecular complexity index is 1100. The van der Waals surface area contributed by atoms with Gasteiger partial charge in [-0.3, -0.25) is 9.69 Å². The molecule has 2 saturated heterocycles. The summed E-state index contributed by atoms with van der Waals surface area (Å²) in [5, 5.41) is 11.9. The van der Waals surface area contributed by atoms with Gasteiger partial charge in [-0.1, -0.05) is 12.1 Å². The van der Waals surface area contributed by atoms with Crippen LogP contribution in [0.3, 0.4) is 0 Å². The molecule has 0 radical (unpaired) electrons. The van der Waals surface area contributed by atoms with Crippen molar-refractivity contribution in [3.8, 4) is 0 Å². The molecule has 0 saturated carbocycles. The second kappa shape index (κ2) is 9.60. The van der Waals surface area contributed by atoms with Crippen LogP contribution in [0, 0.1) is 12.7 Å². The van der Waals surface area contributed by atoms with Crippen LogP contribution >= 0.6 is 0 Å². The summed E-state index contributed by atoms with van der Waals surface area (Å²) in [4.78, 5) is 32.7. The lowest BCUT2D eigenvalue weighted by atomic mass is 9.95. The van der Waals surface area contributed by atoms with Gasteiger partial charge in [-0.05, 0) is 56.7 Å². The molecule has 2 amide bonds. The highest BCUT2D eigenvalue weighted by molar-refractivity contribution is 5.73. The monoisotopic (exact) mass is 483 g/mol. The summed E-state index contributed by atoms with van der Waals surface area (Å²) in [6, 6.07) is 6.97. The zero-order valence-electron chi connectivity index (χ0n) is 20.4.